The first-order valence-corrected chi connectivity index (χ1v) is 11.8. The number of likely N-dealkylation sites (N-methyl/N-ethyl adjacent to an activating group) is 2. The zero-order valence-electron chi connectivity index (χ0n) is 22.7. The number of nitrogens with zero attached hydrogens (tertiary/aromatic N) is 2. The highest BCUT2D eigenvalue weighted by atomic mass is 16.5. The molecular formula is C28H44N2O4. The van der Waals surface area contributed by atoms with E-state index in [1.165, 1.54) is 0 Å². The third-order valence-corrected chi connectivity index (χ3v) is 6.16. The molecule has 0 bridgehead atoms. The van der Waals surface area contributed by atoms with Gasteiger partial charge < -0.3 is 29.5 Å². The molecule has 6 heteroatoms. The molecule has 0 aliphatic rings. The first-order chi connectivity index (χ1) is 15.7. The molecule has 0 fully saturated rings. The third-order valence-electron chi connectivity index (χ3n) is 6.16. The van der Waals surface area contributed by atoms with Gasteiger partial charge in [0.05, 0.1) is 14.2 Å². The van der Waals surface area contributed by atoms with E-state index in [-0.39, 0.29) is 10.8 Å². The molecule has 0 aliphatic carbocycles. The van der Waals surface area contributed by atoms with Gasteiger partial charge in [-0.25, -0.2) is 0 Å². The predicted molar refractivity (Wildman–Crippen MR) is 139 cm³/mol. The van der Waals surface area contributed by atoms with Gasteiger partial charge in [-0.15, -0.1) is 0 Å². The zero-order valence-corrected chi connectivity index (χ0v) is 22.7. The van der Waals surface area contributed by atoms with Crippen LogP contribution < -0.4 is 9.47 Å². The Morgan fingerprint density at radius 3 is 1.24 bits per heavy atom. The first-order valence-electron chi connectivity index (χ1n) is 11.8. The van der Waals surface area contributed by atoms with Crippen molar-refractivity contribution in [2.45, 2.75) is 65.5 Å². The summed E-state index contributed by atoms with van der Waals surface area (Å²) < 4.78 is 11.0. The number of hydrogen-bond acceptors (Lipinski definition) is 6. The summed E-state index contributed by atoms with van der Waals surface area (Å²) in [5.74, 6) is 2.19. The molecule has 190 valence electrons. The second-order valence-electron chi connectivity index (χ2n) is 11.3. The van der Waals surface area contributed by atoms with Crippen LogP contribution in [0.2, 0.25) is 0 Å². The molecule has 0 aromatic heterocycles. The highest BCUT2D eigenvalue weighted by Gasteiger charge is 2.24. The number of ether oxygens (including phenoxy) is 2. The standard InChI is InChI=1S/C28H44N2O4/c1-27(2,3)23-15-21(33-9)13-19(25(23)31)17-29(7)11-12-30(8)18-20-14-22(34-10)16-24(26(20)32)28(4,5)6/h13-16,31-32H,11-12,17-18H2,1-10H3. The predicted octanol–water partition coefficient (Wildman–Crippen LogP) is 5.27. The fourth-order valence-electron chi connectivity index (χ4n) is 4.03. The van der Waals surface area contributed by atoms with Crippen LogP contribution in [0.1, 0.15) is 63.8 Å². The SMILES string of the molecule is COc1cc(CN(C)CCN(C)Cc2cc(OC)cc(C(C)(C)C)c2O)c(O)c(C(C)(C)C)c1. The van der Waals surface area contributed by atoms with E-state index < -0.39 is 0 Å². The Balaban J connectivity index is 2.10. The number of phenolic OH excluding ortho intramolecular Hbond substituents is 2. The van der Waals surface area contributed by atoms with Crippen LogP contribution in [0.25, 0.3) is 0 Å². The lowest BCUT2D eigenvalue weighted by Crippen LogP contribution is -2.30. The van der Waals surface area contributed by atoms with Gasteiger partial charge in [0, 0.05) is 48.4 Å². The van der Waals surface area contributed by atoms with Gasteiger partial charge in [-0.2, -0.15) is 0 Å². The molecular weight excluding hydrogens is 428 g/mol. The average Bonchev–Trinajstić information content (AvgIpc) is 2.73. The number of rotatable bonds is 9. The van der Waals surface area contributed by atoms with Crippen LogP contribution in [0.15, 0.2) is 24.3 Å². The minimum Gasteiger partial charge on any atom is -0.507 e. The molecule has 0 saturated carbocycles. The lowest BCUT2D eigenvalue weighted by Gasteiger charge is -2.27. The van der Waals surface area contributed by atoms with E-state index in [2.05, 4.69) is 51.3 Å². The molecule has 0 unspecified atom stereocenters. The lowest BCUT2D eigenvalue weighted by molar-refractivity contribution is 0.242. The quantitative estimate of drug-likeness (QED) is 0.518. The van der Waals surface area contributed by atoms with E-state index in [1.807, 2.05) is 38.4 Å². The maximum Gasteiger partial charge on any atom is 0.124 e. The first kappa shape index (κ1) is 27.8. The van der Waals surface area contributed by atoms with Gasteiger partial charge in [-0.1, -0.05) is 41.5 Å². The van der Waals surface area contributed by atoms with Crippen LogP contribution in [0, 0.1) is 0 Å². The van der Waals surface area contributed by atoms with Gasteiger partial charge in [0.2, 0.25) is 0 Å². The van der Waals surface area contributed by atoms with E-state index in [1.54, 1.807) is 14.2 Å². The summed E-state index contributed by atoms with van der Waals surface area (Å²) >= 11 is 0. The van der Waals surface area contributed by atoms with Crippen molar-refractivity contribution >= 4 is 0 Å². The van der Waals surface area contributed by atoms with Crippen LogP contribution >= 0.6 is 0 Å². The normalized spacial score (nSPS) is 12.5. The summed E-state index contributed by atoms with van der Waals surface area (Å²) in [5.41, 5.74) is 3.11. The molecule has 2 rings (SSSR count). The summed E-state index contributed by atoms with van der Waals surface area (Å²) in [6, 6.07) is 7.65. The summed E-state index contributed by atoms with van der Waals surface area (Å²) in [5, 5.41) is 21.8. The highest BCUT2D eigenvalue weighted by molar-refractivity contribution is 5.50. The van der Waals surface area contributed by atoms with Crippen LogP contribution in [-0.4, -0.2) is 61.4 Å². The Morgan fingerprint density at radius 1 is 0.647 bits per heavy atom. The lowest BCUT2D eigenvalue weighted by atomic mass is 9.85. The zero-order chi connectivity index (χ0) is 25.8. The van der Waals surface area contributed by atoms with Gasteiger partial charge in [0.1, 0.15) is 23.0 Å². The molecule has 0 heterocycles. The number of hydrogen-bond donors (Lipinski definition) is 2. The van der Waals surface area contributed by atoms with Gasteiger partial charge in [-0.3, -0.25) is 0 Å². The molecule has 0 saturated heterocycles. The second kappa shape index (κ2) is 10.9. The summed E-state index contributed by atoms with van der Waals surface area (Å²) in [4.78, 5) is 4.37. The number of phenols is 2. The topological polar surface area (TPSA) is 65.4 Å². The van der Waals surface area contributed by atoms with E-state index in [4.69, 9.17) is 9.47 Å². The van der Waals surface area contributed by atoms with Crippen molar-refractivity contribution in [3.63, 3.8) is 0 Å². The van der Waals surface area contributed by atoms with Gasteiger partial charge in [-0.05, 0) is 49.2 Å². The molecule has 2 aromatic carbocycles. The molecule has 2 N–H and O–H groups in total. The Kier molecular flexibility index (Phi) is 8.89. The third kappa shape index (κ3) is 7.03. The van der Waals surface area contributed by atoms with Crippen molar-refractivity contribution in [3.8, 4) is 23.0 Å². The molecule has 2 aromatic rings. The van der Waals surface area contributed by atoms with Crippen molar-refractivity contribution in [2.75, 3.05) is 41.4 Å². The van der Waals surface area contributed by atoms with Crippen molar-refractivity contribution < 1.29 is 19.7 Å². The number of benzene rings is 2. The van der Waals surface area contributed by atoms with Crippen molar-refractivity contribution in [2.24, 2.45) is 0 Å². The summed E-state index contributed by atoms with van der Waals surface area (Å²) in [6.45, 7) is 15.3. The molecule has 0 aliphatic heterocycles. The Hall–Kier alpha value is -2.44. The molecule has 0 amide bonds. The summed E-state index contributed by atoms with van der Waals surface area (Å²) in [6.07, 6.45) is 0. The minimum absolute atomic E-state index is 0.184. The largest absolute Gasteiger partial charge is 0.507 e. The second-order valence-corrected chi connectivity index (χ2v) is 11.3. The Bertz CT molecular complexity index is 894. The fraction of sp³-hybridized carbons (Fsp3) is 0.571. The van der Waals surface area contributed by atoms with Crippen LogP contribution in [0.5, 0.6) is 23.0 Å². The Labute approximate surface area is 206 Å². The van der Waals surface area contributed by atoms with Crippen molar-refractivity contribution in [3.05, 3.63) is 46.5 Å². The molecule has 0 atom stereocenters. The van der Waals surface area contributed by atoms with Gasteiger partial charge in [0.25, 0.3) is 0 Å². The van der Waals surface area contributed by atoms with E-state index >= 15 is 0 Å². The molecule has 0 spiro atoms. The Morgan fingerprint density at radius 2 is 0.971 bits per heavy atom. The van der Waals surface area contributed by atoms with Crippen molar-refractivity contribution in [1.82, 2.24) is 9.80 Å². The molecule has 0 radical (unpaired) electrons. The summed E-state index contributed by atoms with van der Waals surface area (Å²) in [7, 11) is 7.40. The maximum atomic E-state index is 10.9. The smallest absolute Gasteiger partial charge is 0.124 e. The average molecular weight is 473 g/mol. The van der Waals surface area contributed by atoms with Gasteiger partial charge >= 0.3 is 0 Å². The number of methoxy groups -OCH3 is 2. The monoisotopic (exact) mass is 472 g/mol. The maximum absolute atomic E-state index is 10.9. The van der Waals surface area contributed by atoms with Crippen LogP contribution in [0.3, 0.4) is 0 Å². The van der Waals surface area contributed by atoms with Crippen LogP contribution in [-0.2, 0) is 23.9 Å². The van der Waals surface area contributed by atoms with Crippen LogP contribution in [0.4, 0.5) is 0 Å². The van der Waals surface area contributed by atoms with E-state index in [0.29, 0.717) is 24.6 Å². The van der Waals surface area contributed by atoms with Crippen molar-refractivity contribution in [1.29, 1.82) is 0 Å². The highest BCUT2D eigenvalue weighted by Crippen LogP contribution is 2.38. The minimum atomic E-state index is -0.184. The fourth-order valence-corrected chi connectivity index (χ4v) is 4.03. The number of aromatic hydroxyl groups is 2. The van der Waals surface area contributed by atoms with E-state index in [9.17, 15) is 10.2 Å². The molecule has 34 heavy (non-hydrogen) atoms. The molecule has 6 nitrogen and oxygen atoms in total. The van der Waals surface area contributed by atoms with E-state index in [0.717, 1.165) is 46.8 Å². The van der Waals surface area contributed by atoms with Gasteiger partial charge in [0.15, 0.2) is 0 Å².